The van der Waals surface area contributed by atoms with Gasteiger partial charge in [-0.1, -0.05) is 73.4 Å². The maximum Gasteiger partial charge on any atom is 0.270 e. The average molecular weight is 831 g/mol. The Morgan fingerprint density at radius 3 is 2.37 bits per heavy atom. The second-order valence-corrected chi connectivity index (χ2v) is 17.4. The molecule has 320 valence electrons. The van der Waals surface area contributed by atoms with Crippen molar-refractivity contribution in [2.45, 2.75) is 137 Å². The molecular weight excluding hydrogens is 761 g/mol. The second-order valence-electron chi connectivity index (χ2n) is 16.1. The number of likely N-dealkylation sites (N-methyl/N-ethyl adjacent to an activating group) is 1. The predicted molar refractivity (Wildman–Crippen MR) is 232 cm³/mol. The van der Waals surface area contributed by atoms with Crippen molar-refractivity contribution >= 4 is 47.6 Å². The maximum absolute atomic E-state index is 14.7. The number of carbonyl (C=O) groups excluding carboxylic acids is 4. The number of ether oxygens (including phenoxy) is 1. The van der Waals surface area contributed by atoms with E-state index in [1.165, 1.54) is 11.3 Å². The van der Waals surface area contributed by atoms with E-state index in [1.54, 1.807) is 17.5 Å². The van der Waals surface area contributed by atoms with Crippen molar-refractivity contribution in [1.82, 2.24) is 30.7 Å². The van der Waals surface area contributed by atoms with Crippen molar-refractivity contribution in [3.05, 3.63) is 45.9 Å². The predicted octanol–water partition coefficient (Wildman–Crippen LogP) is 6.40. The van der Waals surface area contributed by atoms with Gasteiger partial charge in [0.25, 0.3) is 5.91 Å². The van der Waals surface area contributed by atoms with Gasteiger partial charge in [0.15, 0.2) is 0 Å². The van der Waals surface area contributed by atoms with Gasteiger partial charge in [-0.15, -0.1) is 11.3 Å². The summed E-state index contributed by atoms with van der Waals surface area (Å²) in [5.41, 5.74) is 1.17. The fraction of sp³-hybridized carbons (Fsp3) is 0.698. The summed E-state index contributed by atoms with van der Waals surface area (Å²) >= 11 is 5.56. The van der Waals surface area contributed by atoms with Crippen molar-refractivity contribution < 1.29 is 29.0 Å². The lowest BCUT2D eigenvalue weighted by Crippen LogP contribution is -2.58. The van der Waals surface area contributed by atoms with Crippen molar-refractivity contribution in [2.24, 2.45) is 17.8 Å². The van der Waals surface area contributed by atoms with Crippen molar-refractivity contribution in [2.75, 3.05) is 39.0 Å². The first-order chi connectivity index (χ1) is 27.2. The number of nitrogens with zero attached hydrogens (tertiary/aromatic N) is 3. The Balaban J connectivity index is 1.87. The van der Waals surface area contributed by atoms with Gasteiger partial charge in [0, 0.05) is 55.3 Å². The fourth-order valence-electron chi connectivity index (χ4n) is 7.47. The molecule has 1 aliphatic heterocycles. The van der Waals surface area contributed by atoms with Crippen LogP contribution in [0.2, 0.25) is 0 Å². The first-order valence-electron chi connectivity index (χ1n) is 21.1. The van der Waals surface area contributed by atoms with Crippen LogP contribution in [-0.2, 0) is 25.5 Å². The third-order valence-corrected chi connectivity index (χ3v) is 12.2. The van der Waals surface area contributed by atoms with Crippen LogP contribution < -0.4 is 16.0 Å². The number of hydrogen-bond acceptors (Lipinski definition) is 10. The molecule has 3 rings (SSSR count). The highest BCUT2D eigenvalue weighted by Gasteiger charge is 2.38. The van der Waals surface area contributed by atoms with E-state index >= 15 is 0 Å². The van der Waals surface area contributed by atoms with Crippen LogP contribution in [0, 0.1) is 17.8 Å². The Morgan fingerprint density at radius 1 is 1.04 bits per heavy atom. The summed E-state index contributed by atoms with van der Waals surface area (Å²) in [6.45, 7) is 16.6. The zero-order valence-corrected chi connectivity index (χ0v) is 37.3. The lowest BCUT2D eigenvalue weighted by molar-refractivity contribution is -0.143. The molecule has 2 heterocycles. The van der Waals surface area contributed by atoms with Crippen LogP contribution in [0.25, 0.3) is 0 Å². The lowest BCUT2D eigenvalue weighted by atomic mass is 9.92. The molecule has 7 atom stereocenters. The van der Waals surface area contributed by atoms with E-state index < -0.39 is 12.1 Å². The molecule has 4 amide bonds. The Kier molecular flexibility index (Phi) is 20.8. The number of thiazole rings is 1. The van der Waals surface area contributed by atoms with Gasteiger partial charge in [-0.2, -0.15) is 12.6 Å². The minimum atomic E-state index is -0.651. The molecule has 1 aromatic heterocycles. The monoisotopic (exact) mass is 830 g/mol. The van der Waals surface area contributed by atoms with E-state index in [2.05, 4.69) is 61.2 Å². The molecule has 0 aliphatic carbocycles. The number of phenolic OH excluding ortho intramolecular Hbond substituents is 1. The van der Waals surface area contributed by atoms with Gasteiger partial charge in [-0.25, -0.2) is 4.98 Å². The topological polar surface area (TPSA) is 153 Å². The van der Waals surface area contributed by atoms with Gasteiger partial charge in [0.05, 0.1) is 6.04 Å². The standard InChI is InChI=1S/C43H70N6O6S2/c1-9-20-49(43(54)38(29(6)11-3)47-41(53)35-14-12-13-21-48(35)8)36(28(4)5)26-37(55-22-10-2)42-46-34(27-57-42)40(52)45-32(24-30(7)39(51)44-19-23-56)25-31-15-17-33(50)18-16-31/h15-18,27-30,32,35-38,50,56H,9-14,19-26H2,1-8H3,(H,44,51)(H,45,52)(H,47,53)/t29-,30-,32+,35+,36+,37+,38-/m0/s1. The Bertz CT molecular complexity index is 1540. The van der Waals surface area contributed by atoms with Gasteiger partial charge in [-0.05, 0) is 81.6 Å². The summed E-state index contributed by atoms with van der Waals surface area (Å²) in [5.74, 6) is -0.279. The molecule has 0 bridgehead atoms. The number of aromatic hydroxyl groups is 1. The van der Waals surface area contributed by atoms with Gasteiger partial charge < -0.3 is 30.7 Å². The highest BCUT2D eigenvalue weighted by Crippen LogP contribution is 2.32. The van der Waals surface area contributed by atoms with E-state index in [-0.39, 0.29) is 71.0 Å². The number of hydrogen-bond donors (Lipinski definition) is 5. The number of phenols is 1. The summed E-state index contributed by atoms with van der Waals surface area (Å²) in [5, 5.41) is 21.4. The van der Waals surface area contributed by atoms with Gasteiger partial charge in [0.2, 0.25) is 17.7 Å². The molecule has 1 saturated heterocycles. The number of benzene rings is 1. The summed E-state index contributed by atoms with van der Waals surface area (Å²) in [7, 11) is 1.98. The minimum Gasteiger partial charge on any atom is -0.508 e. The SMILES string of the molecule is CCCO[C@H](C[C@H](C(C)C)N(CCC)C(=O)[C@@H](NC(=O)[C@H]1CCCCN1C)[C@@H](C)CC)c1nc(C(=O)N[C@@H](Cc2ccc(O)cc2)C[C@H](C)C(=O)NCCS)cs1. The quantitative estimate of drug-likeness (QED) is 0.0763. The molecule has 4 N–H and O–H groups in total. The van der Waals surface area contributed by atoms with Gasteiger partial charge in [0.1, 0.15) is 28.6 Å². The molecular formula is C43H70N6O6S2. The molecule has 1 aromatic carbocycles. The summed E-state index contributed by atoms with van der Waals surface area (Å²) in [4.78, 5) is 63.8. The molecule has 1 aliphatic rings. The Labute approximate surface area is 351 Å². The number of piperidine rings is 1. The van der Waals surface area contributed by atoms with E-state index in [9.17, 15) is 24.3 Å². The molecule has 0 unspecified atom stereocenters. The highest BCUT2D eigenvalue weighted by molar-refractivity contribution is 7.80. The summed E-state index contributed by atoms with van der Waals surface area (Å²) < 4.78 is 6.46. The molecule has 12 nitrogen and oxygen atoms in total. The second kappa shape index (κ2) is 24.7. The van der Waals surface area contributed by atoms with E-state index in [1.807, 2.05) is 44.9 Å². The molecule has 2 aromatic rings. The molecule has 1 fully saturated rings. The number of aromatic nitrogens is 1. The van der Waals surface area contributed by atoms with E-state index in [0.29, 0.717) is 49.7 Å². The van der Waals surface area contributed by atoms with Crippen molar-refractivity contribution in [1.29, 1.82) is 0 Å². The van der Waals surface area contributed by atoms with Gasteiger partial charge >= 0.3 is 0 Å². The van der Waals surface area contributed by atoms with Crippen LogP contribution in [0.1, 0.15) is 127 Å². The van der Waals surface area contributed by atoms with Crippen LogP contribution in [0.3, 0.4) is 0 Å². The smallest absolute Gasteiger partial charge is 0.270 e. The normalized spacial score (nSPS) is 17.9. The lowest BCUT2D eigenvalue weighted by Gasteiger charge is -2.40. The maximum atomic E-state index is 14.7. The zero-order valence-electron chi connectivity index (χ0n) is 35.6. The average Bonchev–Trinajstić information content (AvgIpc) is 3.69. The first kappa shape index (κ1) is 48.2. The number of likely N-dealkylation sites (tertiary alicyclic amines) is 1. The van der Waals surface area contributed by atoms with Crippen LogP contribution in [0.5, 0.6) is 5.75 Å². The number of nitrogens with one attached hydrogen (secondary N) is 3. The van der Waals surface area contributed by atoms with E-state index in [4.69, 9.17) is 9.72 Å². The summed E-state index contributed by atoms with van der Waals surface area (Å²) in [6.07, 6.45) is 6.01. The largest absolute Gasteiger partial charge is 0.508 e. The third kappa shape index (κ3) is 14.8. The molecule has 0 radical (unpaired) electrons. The van der Waals surface area contributed by atoms with Gasteiger partial charge in [-0.3, -0.25) is 24.1 Å². The highest BCUT2D eigenvalue weighted by atomic mass is 32.1. The third-order valence-electron chi connectivity index (χ3n) is 11.0. The Morgan fingerprint density at radius 2 is 1.75 bits per heavy atom. The first-order valence-corrected chi connectivity index (χ1v) is 22.6. The number of amides is 4. The Hall–Kier alpha value is -3.20. The molecule has 14 heteroatoms. The van der Waals surface area contributed by atoms with E-state index in [0.717, 1.165) is 50.6 Å². The minimum absolute atomic E-state index is 0.0574. The number of rotatable bonds is 24. The number of carbonyl (C=O) groups is 4. The van der Waals surface area contributed by atoms with Crippen molar-refractivity contribution in [3.63, 3.8) is 0 Å². The van der Waals surface area contributed by atoms with Crippen LogP contribution in [-0.4, -0.2) is 107 Å². The van der Waals surface area contributed by atoms with Crippen molar-refractivity contribution in [3.8, 4) is 5.75 Å². The van der Waals surface area contributed by atoms with Crippen LogP contribution in [0.15, 0.2) is 29.6 Å². The molecule has 0 saturated carbocycles. The zero-order chi connectivity index (χ0) is 42.1. The fourth-order valence-corrected chi connectivity index (χ4v) is 8.44. The van der Waals surface area contributed by atoms with Crippen LogP contribution >= 0.6 is 24.0 Å². The number of thiol groups is 1. The molecule has 57 heavy (non-hydrogen) atoms. The van der Waals surface area contributed by atoms with Crippen LogP contribution in [0.4, 0.5) is 0 Å². The summed E-state index contributed by atoms with van der Waals surface area (Å²) in [6, 6.07) is 5.34. The molecule has 0 spiro atoms.